The highest BCUT2D eigenvalue weighted by atomic mass is 16.5. The molecule has 0 radical (unpaired) electrons. The first kappa shape index (κ1) is 13.4. The minimum Gasteiger partial charge on any atom is -0.489 e. The third kappa shape index (κ3) is 2.96. The summed E-state index contributed by atoms with van der Waals surface area (Å²) in [5.74, 6) is 0.0551. The third-order valence-corrected chi connectivity index (χ3v) is 3.38. The first-order valence-electron chi connectivity index (χ1n) is 6.69. The van der Waals surface area contributed by atoms with Crippen molar-refractivity contribution >= 4 is 18.6 Å². The molecule has 6 nitrogen and oxygen atoms in total. The molecule has 0 spiro atoms. The van der Waals surface area contributed by atoms with Gasteiger partial charge in [-0.3, -0.25) is 4.79 Å². The van der Waals surface area contributed by atoms with Gasteiger partial charge in [-0.05, 0) is 31.4 Å². The Morgan fingerprint density at radius 1 is 1.19 bits per heavy atom. The Kier molecular flexibility index (Phi) is 3.47. The highest BCUT2D eigenvalue weighted by molar-refractivity contribution is 6.82. The van der Waals surface area contributed by atoms with Gasteiger partial charge in [0.15, 0.2) is 0 Å². The summed E-state index contributed by atoms with van der Waals surface area (Å²) in [4.78, 5) is 18.6. The Morgan fingerprint density at radius 3 is 2.67 bits per heavy atom. The number of aryl methyl sites for hydroxylation is 1. The lowest BCUT2D eigenvalue weighted by molar-refractivity contribution is 0.220. The van der Waals surface area contributed by atoms with Crippen LogP contribution in [0, 0.1) is 0 Å². The van der Waals surface area contributed by atoms with Crippen molar-refractivity contribution in [2.45, 2.75) is 19.3 Å². The molecular formula is C14H13BN2O4. The highest BCUT2D eigenvalue weighted by Crippen LogP contribution is 2.32. The summed E-state index contributed by atoms with van der Waals surface area (Å²) in [6.45, 7) is 0. The zero-order valence-corrected chi connectivity index (χ0v) is 11.2. The third-order valence-electron chi connectivity index (χ3n) is 3.38. The van der Waals surface area contributed by atoms with Gasteiger partial charge in [0.1, 0.15) is 5.75 Å². The van der Waals surface area contributed by atoms with Crippen LogP contribution in [-0.4, -0.2) is 33.3 Å². The first-order chi connectivity index (χ1) is 10.1. The summed E-state index contributed by atoms with van der Waals surface area (Å²) < 4.78 is 5.70. The molecule has 1 aromatic carbocycles. The molecule has 3 rings (SSSR count). The molecule has 2 aromatic rings. The number of carboxylic acid groups (broad SMARTS) is 1. The van der Waals surface area contributed by atoms with E-state index in [1.807, 2.05) is 0 Å². The van der Waals surface area contributed by atoms with Crippen molar-refractivity contribution in [1.29, 1.82) is 0 Å². The molecule has 0 atom stereocenters. The SMILES string of the molecule is O=C(O)Bc1ccc(Oc2nc(O)nc3c2CCC3)cc1. The Labute approximate surface area is 121 Å². The van der Waals surface area contributed by atoms with Crippen molar-refractivity contribution in [1.82, 2.24) is 9.97 Å². The first-order valence-corrected chi connectivity index (χ1v) is 6.69. The number of benzene rings is 1. The second-order valence-corrected chi connectivity index (χ2v) is 4.92. The molecule has 1 aliphatic rings. The zero-order valence-electron chi connectivity index (χ0n) is 11.2. The molecule has 0 bridgehead atoms. The lowest BCUT2D eigenvalue weighted by atomic mass is 9.71. The van der Waals surface area contributed by atoms with Gasteiger partial charge in [-0.2, -0.15) is 9.97 Å². The van der Waals surface area contributed by atoms with Crippen LogP contribution < -0.4 is 10.2 Å². The van der Waals surface area contributed by atoms with Crippen LogP contribution in [0.3, 0.4) is 0 Å². The van der Waals surface area contributed by atoms with Crippen molar-refractivity contribution in [2.24, 2.45) is 0 Å². The second-order valence-electron chi connectivity index (χ2n) is 4.92. The van der Waals surface area contributed by atoms with Crippen LogP contribution in [0.5, 0.6) is 17.6 Å². The van der Waals surface area contributed by atoms with Gasteiger partial charge >= 0.3 is 6.01 Å². The molecule has 1 heterocycles. The monoisotopic (exact) mass is 284 g/mol. The minimum absolute atomic E-state index is 0.0238. The molecule has 0 saturated heterocycles. The number of rotatable bonds is 4. The van der Waals surface area contributed by atoms with E-state index in [4.69, 9.17) is 9.84 Å². The van der Waals surface area contributed by atoms with Crippen LogP contribution in [0.15, 0.2) is 24.3 Å². The quantitative estimate of drug-likeness (QED) is 0.819. The average Bonchev–Trinajstić information content (AvgIpc) is 2.88. The summed E-state index contributed by atoms with van der Waals surface area (Å²) in [6, 6.07) is 6.50. The summed E-state index contributed by atoms with van der Waals surface area (Å²) in [5, 5.41) is 18.3. The van der Waals surface area contributed by atoms with Crippen molar-refractivity contribution < 1.29 is 19.7 Å². The molecule has 7 heteroatoms. The van der Waals surface area contributed by atoms with Crippen LogP contribution >= 0.6 is 0 Å². The maximum absolute atomic E-state index is 10.6. The summed E-state index contributed by atoms with van der Waals surface area (Å²) in [7, 11) is -0.0238. The van der Waals surface area contributed by atoms with Crippen LogP contribution in [-0.2, 0) is 12.8 Å². The van der Waals surface area contributed by atoms with Gasteiger partial charge in [0, 0.05) is 5.56 Å². The lowest BCUT2D eigenvalue weighted by Gasteiger charge is -2.09. The van der Waals surface area contributed by atoms with E-state index in [0.29, 0.717) is 17.1 Å². The molecule has 0 fully saturated rings. The number of nitrogens with zero attached hydrogens (tertiary/aromatic N) is 2. The Bertz CT molecular complexity index is 688. The Hall–Kier alpha value is -2.57. The van der Waals surface area contributed by atoms with E-state index in [1.165, 1.54) is 0 Å². The van der Waals surface area contributed by atoms with Crippen LogP contribution in [0.1, 0.15) is 17.7 Å². The topological polar surface area (TPSA) is 92.5 Å². The molecule has 0 saturated carbocycles. The van der Waals surface area contributed by atoms with Gasteiger partial charge in [0.2, 0.25) is 5.88 Å². The molecule has 0 unspecified atom stereocenters. The molecule has 106 valence electrons. The maximum Gasteiger partial charge on any atom is 0.317 e. The van der Waals surface area contributed by atoms with E-state index < -0.39 is 5.87 Å². The van der Waals surface area contributed by atoms with Crippen molar-refractivity contribution in [3.05, 3.63) is 35.5 Å². The van der Waals surface area contributed by atoms with E-state index in [-0.39, 0.29) is 13.3 Å². The van der Waals surface area contributed by atoms with E-state index in [1.54, 1.807) is 24.3 Å². The van der Waals surface area contributed by atoms with Gasteiger partial charge in [0.25, 0.3) is 13.1 Å². The minimum atomic E-state index is -0.873. The van der Waals surface area contributed by atoms with Gasteiger partial charge < -0.3 is 14.9 Å². The molecule has 21 heavy (non-hydrogen) atoms. The largest absolute Gasteiger partial charge is 0.489 e. The number of aromatic nitrogens is 2. The molecule has 0 amide bonds. The number of carbonyl (C=O) groups is 1. The van der Waals surface area contributed by atoms with E-state index >= 15 is 0 Å². The molecule has 1 aromatic heterocycles. The highest BCUT2D eigenvalue weighted by Gasteiger charge is 2.20. The van der Waals surface area contributed by atoms with E-state index in [9.17, 15) is 9.90 Å². The Balaban J connectivity index is 1.82. The van der Waals surface area contributed by atoms with Gasteiger partial charge in [-0.25, -0.2) is 0 Å². The fraction of sp³-hybridized carbons (Fsp3) is 0.214. The van der Waals surface area contributed by atoms with Crippen molar-refractivity contribution in [3.63, 3.8) is 0 Å². The van der Waals surface area contributed by atoms with E-state index in [0.717, 1.165) is 30.5 Å². The number of aromatic hydroxyl groups is 1. The Morgan fingerprint density at radius 2 is 1.95 bits per heavy atom. The number of ether oxygens (including phenoxy) is 1. The number of hydrogen-bond donors (Lipinski definition) is 2. The fourth-order valence-corrected chi connectivity index (χ4v) is 2.43. The smallest absolute Gasteiger partial charge is 0.317 e. The summed E-state index contributed by atoms with van der Waals surface area (Å²) >= 11 is 0. The van der Waals surface area contributed by atoms with Gasteiger partial charge in [0.05, 0.1) is 5.69 Å². The maximum atomic E-state index is 10.6. The fourth-order valence-electron chi connectivity index (χ4n) is 2.43. The van der Waals surface area contributed by atoms with Crippen molar-refractivity contribution in [2.75, 3.05) is 0 Å². The normalized spacial score (nSPS) is 12.8. The zero-order chi connectivity index (χ0) is 14.8. The van der Waals surface area contributed by atoms with Gasteiger partial charge in [-0.1, -0.05) is 17.6 Å². The molecular weight excluding hydrogens is 271 g/mol. The van der Waals surface area contributed by atoms with Gasteiger partial charge in [-0.15, -0.1) is 0 Å². The molecule has 0 aliphatic heterocycles. The van der Waals surface area contributed by atoms with Crippen molar-refractivity contribution in [3.8, 4) is 17.6 Å². The average molecular weight is 284 g/mol. The standard InChI is InChI=1S/C14H13BN2O4/c18-13(19)15-8-4-6-9(7-5-8)21-12-10-2-1-3-11(10)16-14(20)17-12/h4-7,15H,1-3H2,(H,18,19)(H,16,17,20). The number of hydrogen-bond acceptors (Lipinski definition) is 5. The number of fused-ring (bicyclic) bond motifs is 1. The van der Waals surface area contributed by atoms with Crippen LogP contribution in [0.4, 0.5) is 4.79 Å². The van der Waals surface area contributed by atoms with E-state index in [2.05, 4.69) is 9.97 Å². The van der Waals surface area contributed by atoms with Crippen LogP contribution in [0.2, 0.25) is 0 Å². The molecule has 2 N–H and O–H groups in total. The summed E-state index contributed by atoms with van der Waals surface area (Å²) in [5.41, 5.74) is 2.47. The van der Waals surface area contributed by atoms with Crippen LogP contribution in [0.25, 0.3) is 0 Å². The molecule has 1 aliphatic carbocycles. The summed E-state index contributed by atoms with van der Waals surface area (Å²) in [6.07, 6.45) is 2.63. The second kappa shape index (κ2) is 5.44. The predicted octanol–water partition coefficient (Wildman–Crippen LogP) is 1.20. The lowest BCUT2D eigenvalue weighted by Crippen LogP contribution is -2.21. The predicted molar refractivity (Wildman–Crippen MR) is 77.0 cm³/mol.